The van der Waals surface area contributed by atoms with Gasteiger partial charge >= 0.3 is 6.17 Å². The summed E-state index contributed by atoms with van der Waals surface area (Å²) in [5.74, 6) is -1.27. The highest BCUT2D eigenvalue weighted by molar-refractivity contribution is 6.07. The highest BCUT2D eigenvalue weighted by atomic mass is 16.2. The van der Waals surface area contributed by atoms with Gasteiger partial charge in [0.1, 0.15) is 17.5 Å². The van der Waals surface area contributed by atoms with E-state index < -0.39 is 29.6 Å². The smallest absolute Gasteiger partial charge is 0.302 e. The fourth-order valence-corrected chi connectivity index (χ4v) is 5.98. The molecular formula is C31H37N5O4. The summed E-state index contributed by atoms with van der Waals surface area (Å²) in [7, 11) is 1.56. The first-order valence-corrected chi connectivity index (χ1v) is 13.6. The molecule has 2 aliphatic heterocycles. The molecule has 4 atom stereocenters. The number of aryl methyl sites for hydroxylation is 2. The van der Waals surface area contributed by atoms with Crippen molar-refractivity contribution in [1.82, 2.24) is 15.1 Å². The van der Waals surface area contributed by atoms with Crippen LogP contribution in [0.25, 0.3) is 4.85 Å². The Morgan fingerprint density at radius 1 is 1.12 bits per heavy atom. The van der Waals surface area contributed by atoms with E-state index in [2.05, 4.69) is 15.5 Å². The lowest BCUT2D eigenvalue weighted by atomic mass is 9.80. The molecule has 2 aromatic carbocycles. The maximum absolute atomic E-state index is 14.1. The number of para-hydroxylation sites is 1. The van der Waals surface area contributed by atoms with Gasteiger partial charge in [0.15, 0.2) is 0 Å². The summed E-state index contributed by atoms with van der Waals surface area (Å²) in [6.07, 6.45) is -0.265. The molecule has 1 saturated heterocycles. The fourth-order valence-electron chi connectivity index (χ4n) is 5.98. The predicted octanol–water partition coefficient (Wildman–Crippen LogP) is 3.66. The maximum atomic E-state index is 14.1. The summed E-state index contributed by atoms with van der Waals surface area (Å²) in [5, 5.41) is 5.70. The summed E-state index contributed by atoms with van der Waals surface area (Å²) < 4.78 is 0. The molecule has 2 heterocycles. The number of amides is 4. The van der Waals surface area contributed by atoms with E-state index in [1.54, 1.807) is 14.0 Å². The molecule has 0 aromatic heterocycles. The summed E-state index contributed by atoms with van der Waals surface area (Å²) in [4.78, 5) is 60.4. The number of carbonyl (C=O) groups is 4. The molecule has 1 fully saturated rings. The number of hydrogen-bond donors (Lipinski definition) is 2. The Morgan fingerprint density at radius 3 is 2.40 bits per heavy atom. The molecular weight excluding hydrogens is 506 g/mol. The van der Waals surface area contributed by atoms with Crippen molar-refractivity contribution < 1.29 is 19.2 Å². The van der Waals surface area contributed by atoms with Crippen LogP contribution in [-0.2, 0) is 19.8 Å². The molecule has 0 bridgehead atoms. The lowest BCUT2D eigenvalue weighted by Crippen LogP contribution is -2.55. The van der Waals surface area contributed by atoms with Gasteiger partial charge in [0.25, 0.3) is 11.8 Å². The number of hydrogen-bond acceptors (Lipinski definition) is 4. The number of nitrogens with one attached hydrogen (secondary N) is 2. The second-order valence-electron chi connectivity index (χ2n) is 11.4. The second-order valence-corrected chi connectivity index (χ2v) is 11.4. The number of likely N-dealkylation sites (N-methyl/N-ethyl adjacent to an activating group) is 1. The molecule has 210 valence electrons. The first kappa shape index (κ1) is 28.8. The average molecular weight is 544 g/mol. The number of rotatable bonds is 7. The molecule has 4 amide bonds. The Bertz CT molecular complexity index is 1380. The van der Waals surface area contributed by atoms with Crippen molar-refractivity contribution in [2.75, 3.05) is 18.9 Å². The largest absolute Gasteiger partial charge is 0.341 e. The van der Waals surface area contributed by atoms with Gasteiger partial charge in [0.05, 0.1) is 6.42 Å². The van der Waals surface area contributed by atoms with Crippen molar-refractivity contribution in [1.29, 1.82) is 0 Å². The van der Waals surface area contributed by atoms with Crippen molar-refractivity contribution in [2.24, 2.45) is 5.92 Å². The van der Waals surface area contributed by atoms with Gasteiger partial charge in [-0.3, -0.25) is 28.9 Å². The molecule has 4 rings (SSSR count). The number of likely N-dealkylation sites (tertiary alicyclic amines) is 1. The van der Waals surface area contributed by atoms with Crippen molar-refractivity contribution >= 4 is 29.3 Å². The van der Waals surface area contributed by atoms with Gasteiger partial charge in [-0.15, -0.1) is 0 Å². The zero-order valence-electron chi connectivity index (χ0n) is 23.9. The molecule has 9 heteroatoms. The molecule has 0 unspecified atom stereocenters. The molecule has 0 saturated carbocycles. The standard InChI is InChI=1S/C31H37N5O4/c1-18(2)15-24(35(7)28(38)21(5)33-27(37)26-19(3)11-10-12-20(26)4)29(39)36-17-31(16-25(36)32-6)22-13-8-9-14-23(22)34-30(31)40/h8-14,18,21,24-25H,15-17H2,1-5,7H3,(H,33,37)(H,34,40)/t21-,24-,25-,31-/m0/s1. The molecule has 2 N–H and O–H groups in total. The van der Waals surface area contributed by atoms with E-state index in [9.17, 15) is 19.2 Å². The monoisotopic (exact) mass is 543 g/mol. The first-order chi connectivity index (χ1) is 18.9. The SMILES string of the molecule is [C-]#[N+][C@@H]1C[C@@]2(CN1C(=O)[C@H](CC(C)C)N(C)C(=O)[C@H](C)NC(=O)c1c(C)cccc1C)C(=O)Nc1ccccc12. The summed E-state index contributed by atoms with van der Waals surface area (Å²) in [5.41, 5.74) is 2.63. The van der Waals surface area contributed by atoms with Crippen LogP contribution in [0.3, 0.4) is 0 Å². The van der Waals surface area contributed by atoms with Crippen LogP contribution >= 0.6 is 0 Å². The van der Waals surface area contributed by atoms with Crippen molar-refractivity contribution in [3.63, 3.8) is 0 Å². The van der Waals surface area contributed by atoms with Crippen LogP contribution in [0.15, 0.2) is 42.5 Å². The molecule has 0 aliphatic carbocycles. The van der Waals surface area contributed by atoms with Crippen LogP contribution < -0.4 is 10.6 Å². The van der Waals surface area contributed by atoms with E-state index in [4.69, 9.17) is 6.57 Å². The molecule has 0 radical (unpaired) electrons. The Kier molecular flexibility index (Phi) is 8.01. The predicted molar refractivity (Wildman–Crippen MR) is 152 cm³/mol. The minimum atomic E-state index is -1.00. The van der Waals surface area contributed by atoms with Crippen LogP contribution in [0.4, 0.5) is 5.69 Å². The van der Waals surface area contributed by atoms with Crippen molar-refractivity contribution in [2.45, 2.75) is 71.1 Å². The van der Waals surface area contributed by atoms with E-state index in [1.165, 1.54) is 9.80 Å². The van der Waals surface area contributed by atoms with E-state index in [1.807, 2.05) is 70.2 Å². The number of nitrogens with zero attached hydrogens (tertiary/aromatic N) is 3. The number of benzene rings is 2. The summed E-state index contributed by atoms with van der Waals surface area (Å²) >= 11 is 0. The highest BCUT2D eigenvalue weighted by Gasteiger charge is 2.59. The third kappa shape index (κ3) is 5.06. The quantitative estimate of drug-likeness (QED) is 0.520. The summed E-state index contributed by atoms with van der Waals surface area (Å²) in [6, 6.07) is 11.2. The van der Waals surface area contributed by atoms with Gasteiger partial charge in [-0.1, -0.05) is 50.2 Å². The Morgan fingerprint density at radius 2 is 1.77 bits per heavy atom. The van der Waals surface area contributed by atoms with Crippen LogP contribution in [0.5, 0.6) is 0 Å². The van der Waals surface area contributed by atoms with Gasteiger partial charge in [-0.25, -0.2) is 6.57 Å². The van der Waals surface area contributed by atoms with Gasteiger partial charge < -0.3 is 15.5 Å². The number of fused-ring (bicyclic) bond motifs is 2. The molecule has 9 nitrogen and oxygen atoms in total. The summed E-state index contributed by atoms with van der Waals surface area (Å²) in [6.45, 7) is 17.1. The van der Waals surface area contributed by atoms with E-state index >= 15 is 0 Å². The fraction of sp³-hybridized carbons (Fsp3) is 0.452. The Labute approximate surface area is 235 Å². The van der Waals surface area contributed by atoms with E-state index in [-0.39, 0.29) is 36.6 Å². The average Bonchev–Trinajstić information content (AvgIpc) is 3.43. The van der Waals surface area contributed by atoms with Crippen LogP contribution in [0, 0.1) is 26.3 Å². The molecule has 2 aliphatic rings. The topological polar surface area (TPSA) is 103 Å². The van der Waals surface area contributed by atoms with E-state index in [0.717, 1.165) is 16.7 Å². The van der Waals surface area contributed by atoms with Crippen LogP contribution in [0.1, 0.15) is 60.7 Å². The number of anilines is 1. The molecule has 40 heavy (non-hydrogen) atoms. The van der Waals surface area contributed by atoms with Crippen LogP contribution in [0.2, 0.25) is 0 Å². The zero-order valence-corrected chi connectivity index (χ0v) is 23.9. The highest BCUT2D eigenvalue weighted by Crippen LogP contribution is 2.47. The third-order valence-electron chi connectivity index (χ3n) is 8.11. The first-order valence-electron chi connectivity index (χ1n) is 13.6. The minimum Gasteiger partial charge on any atom is -0.341 e. The van der Waals surface area contributed by atoms with Crippen molar-refractivity contribution in [3.8, 4) is 0 Å². The zero-order chi connectivity index (χ0) is 29.4. The van der Waals surface area contributed by atoms with Gasteiger partial charge in [0, 0.05) is 24.8 Å². The third-order valence-corrected chi connectivity index (χ3v) is 8.11. The lowest BCUT2D eigenvalue weighted by molar-refractivity contribution is -0.146. The normalized spacial score (nSPS) is 21.0. The second kappa shape index (κ2) is 11.1. The van der Waals surface area contributed by atoms with Gasteiger partial charge in [-0.2, -0.15) is 0 Å². The molecule has 1 spiro atoms. The number of carbonyl (C=O) groups excluding carboxylic acids is 4. The minimum absolute atomic E-state index is 0.0667. The van der Waals surface area contributed by atoms with E-state index in [0.29, 0.717) is 17.7 Å². The Balaban J connectivity index is 1.57. The van der Waals surface area contributed by atoms with Crippen LogP contribution in [-0.4, -0.2) is 65.3 Å². The lowest BCUT2D eigenvalue weighted by Gasteiger charge is -2.33. The van der Waals surface area contributed by atoms with Gasteiger partial charge in [-0.05, 0) is 55.9 Å². The maximum Gasteiger partial charge on any atom is 0.302 e. The van der Waals surface area contributed by atoms with Crippen molar-refractivity contribution in [3.05, 3.63) is 76.1 Å². The Hall–Kier alpha value is -4.19. The molecule has 2 aromatic rings. The van der Waals surface area contributed by atoms with Gasteiger partial charge in [0.2, 0.25) is 11.8 Å².